The first-order chi connectivity index (χ1) is 14.1. The molecule has 0 aliphatic rings. The van der Waals surface area contributed by atoms with Crippen molar-refractivity contribution in [1.82, 2.24) is 4.37 Å². The number of aldehydes is 1. The number of rotatable bonds is 6. The summed E-state index contributed by atoms with van der Waals surface area (Å²) in [5.41, 5.74) is 3.29. The van der Waals surface area contributed by atoms with E-state index in [1.807, 2.05) is 30.3 Å². The van der Waals surface area contributed by atoms with Crippen LogP contribution in [0.4, 0.5) is 11.5 Å². The summed E-state index contributed by atoms with van der Waals surface area (Å²) in [4.78, 5) is 10.9. The number of nitrogens with zero attached hydrogens (tertiary/aromatic N) is 1. The second-order valence-electron chi connectivity index (χ2n) is 6.27. The first-order valence-corrected chi connectivity index (χ1v) is 9.92. The van der Waals surface area contributed by atoms with Crippen LogP contribution in [0, 0.1) is 0 Å². The molecule has 7 heteroatoms. The van der Waals surface area contributed by atoms with Gasteiger partial charge in [0.25, 0.3) is 0 Å². The average Bonchev–Trinajstić information content (AvgIpc) is 3.17. The number of hydrogen-bond donors (Lipinski definition) is 1. The van der Waals surface area contributed by atoms with E-state index >= 15 is 0 Å². The Morgan fingerprint density at radius 1 is 1.03 bits per heavy atom. The van der Waals surface area contributed by atoms with Crippen molar-refractivity contribution in [3.8, 4) is 22.6 Å². The van der Waals surface area contributed by atoms with E-state index < -0.39 is 0 Å². The average molecular weight is 425 g/mol. The van der Waals surface area contributed by atoms with Crippen LogP contribution < -0.4 is 14.8 Å². The topological polar surface area (TPSA) is 60.5 Å². The molecule has 0 atom stereocenters. The zero-order chi connectivity index (χ0) is 20.4. The van der Waals surface area contributed by atoms with Gasteiger partial charge < -0.3 is 14.8 Å². The highest BCUT2D eigenvalue weighted by molar-refractivity contribution is 7.14. The Morgan fingerprint density at radius 2 is 1.86 bits per heavy atom. The summed E-state index contributed by atoms with van der Waals surface area (Å²) >= 11 is 7.70. The lowest BCUT2D eigenvalue weighted by Gasteiger charge is -2.10. The van der Waals surface area contributed by atoms with E-state index in [-0.39, 0.29) is 0 Å². The number of carbonyl (C=O) groups is 1. The summed E-state index contributed by atoms with van der Waals surface area (Å²) in [6.07, 6.45) is 0.767. The van der Waals surface area contributed by atoms with E-state index in [0.717, 1.165) is 27.5 Å². The second-order valence-corrected chi connectivity index (χ2v) is 7.45. The lowest BCUT2D eigenvalue weighted by atomic mass is 10.0. The van der Waals surface area contributed by atoms with Crippen molar-refractivity contribution >= 4 is 51.0 Å². The van der Waals surface area contributed by atoms with E-state index in [1.54, 1.807) is 32.4 Å². The van der Waals surface area contributed by atoms with Crippen molar-refractivity contribution in [2.75, 3.05) is 19.5 Å². The summed E-state index contributed by atoms with van der Waals surface area (Å²) in [5, 5.41) is 4.72. The molecule has 29 heavy (non-hydrogen) atoms. The number of halogens is 1. The quantitative estimate of drug-likeness (QED) is 0.374. The number of ether oxygens (including phenoxy) is 2. The first-order valence-electron chi connectivity index (χ1n) is 8.77. The van der Waals surface area contributed by atoms with Crippen molar-refractivity contribution in [3.05, 3.63) is 65.2 Å². The maximum Gasteiger partial charge on any atom is 0.161 e. The third kappa shape index (κ3) is 3.64. The number of aromatic nitrogens is 1. The van der Waals surface area contributed by atoms with E-state index in [4.69, 9.17) is 21.1 Å². The van der Waals surface area contributed by atoms with Crippen molar-refractivity contribution in [2.45, 2.75) is 0 Å². The number of hydrogen-bond acceptors (Lipinski definition) is 6. The molecule has 0 amide bonds. The predicted molar refractivity (Wildman–Crippen MR) is 118 cm³/mol. The minimum absolute atomic E-state index is 0.465. The Morgan fingerprint density at radius 3 is 2.59 bits per heavy atom. The fourth-order valence-corrected chi connectivity index (χ4v) is 4.23. The Hall–Kier alpha value is -3.09. The van der Waals surface area contributed by atoms with Crippen LogP contribution in [0.15, 0.2) is 54.6 Å². The minimum Gasteiger partial charge on any atom is -0.493 e. The maximum atomic E-state index is 10.9. The molecule has 0 saturated carbocycles. The molecule has 0 aliphatic carbocycles. The van der Waals surface area contributed by atoms with Crippen LogP contribution in [0.25, 0.3) is 21.2 Å². The van der Waals surface area contributed by atoms with Crippen molar-refractivity contribution in [2.24, 2.45) is 0 Å². The number of anilines is 2. The van der Waals surface area contributed by atoms with E-state index in [1.165, 1.54) is 11.5 Å². The largest absolute Gasteiger partial charge is 0.493 e. The van der Waals surface area contributed by atoms with Crippen molar-refractivity contribution in [3.63, 3.8) is 0 Å². The van der Waals surface area contributed by atoms with Gasteiger partial charge in [-0.2, -0.15) is 4.37 Å². The molecule has 0 bridgehead atoms. The summed E-state index contributed by atoms with van der Waals surface area (Å²) < 4.78 is 16.4. The normalized spacial score (nSPS) is 10.7. The fraction of sp³-hybridized carbons (Fsp3) is 0.0909. The van der Waals surface area contributed by atoms with Gasteiger partial charge in [0.1, 0.15) is 6.29 Å². The number of nitrogens with one attached hydrogen (secondary N) is 1. The molecule has 3 aromatic carbocycles. The molecule has 0 fully saturated rings. The Kier molecular flexibility index (Phi) is 5.38. The number of benzene rings is 3. The van der Waals surface area contributed by atoms with E-state index in [2.05, 4.69) is 15.8 Å². The molecular weight excluding hydrogens is 408 g/mol. The van der Waals surface area contributed by atoms with E-state index in [0.29, 0.717) is 33.6 Å². The van der Waals surface area contributed by atoms with Gasteiger partial charge in [-0.25, -0.2) is 0 Å². The van der Waals surface area contributed by atoms with Crippen LogP contribution in [0.2, 0.25) is 5.02 Å². The second kappa shape index (κ2) is 8.11. The third-order valence-electron chi connectivity index (χ3n) is 4.58. The monoisotopic (exact) mass is 424 g/mol. The molecule has 0 saturated heterocycles. The van der Waals surface area contributed by atoms with Gasteiger partial charge in [0.05, 0.1) is 29.6 Å². The Bertz CT molecular complexity index is 1210. The van der Waals surface area contributed by atoms with Gasteiger partial charge in [0, 0.05) is 16.5 Å². The van der Waals surface area contributed by atoms with Crippen LogP contribution in [0.1, 0.15) is 10.4 Å². The van der Waals surface area contributed by atoms with Gasteiger partial charge in [-0.05, 0) is 53.5 Å². The van der Waals surface area contributed by atoms with Gasteiger partial charge in [-0.3, -0.25) is 4.79 Å². The zero-order valence-electron chi connectivity index (χ0n) is 15.7. The Balaban J connectivity index is 1.75. The molecule has 0 unspecified atom stereocenters. The van der Waals surface area contributed by atoms with Crippen molar-refractivity contribution in [1.29, 1.82) is 0 Å². The standard InChI is InChI=1S/C22H17ClN2O3S/c1-27-19-9-7-14(11-20(19)28-2)15-4-3-5-16-21(15)29-25-22(16)24-18-8-6-13(12-26)10-17(18)23/h3-12H,1-2H3,(H,24,25). The zero-order valence-corrected chi connectivity index (χ0v) is 17.3. The SMILES string of the molecule is COc1ccc(-c2cccc3c(Nc4ccc(C=O)cc4Cl)nsc23)cc1OC. The fourth-order valence-electron chi connectivity index (χ4n) is 3.12. The molecule has 0 aliphatic heterocycles. The van der Waals surface area contributed by atoms with Crippen LogP contribution >= 0.6 is 23.1 Å². The van der Waals surface area contributed by atoms with Gasteiger partial charge in [-0.15, -0.1) is 0 Å². The highest BCUT2D eigenvalue weighted by Gasteiger charge is 2.14. The minimum atomic E-state index is 0.465. The highest BCUT2D eigenvalue weighted by atomic mass is 35.5. The summed E-state index contributed by atoms with van der Waals surface area (Å²) in [6.45, 7) is 0. The van der Waals surface area contributed by atoms with Crippen LogP contribution in [0.3, 0.4) is 0 Å². The highest BCUT2D eigenvalue weighted by Crippen LogP contribution is 2.40. The number of methoxy groups -OCH3 is 2. The van der Waals surface area contributed by atoms with Gasteiger partial charge in [0.15, 0.2) is 17.3 Å². The molecule has 1 aromatic heterocycles. The molecule has 4 rings (SSSR count). The maximum absolute atomic E-state index is 10.9. The van der Waals surface area contributed by atoms with Crippen LogP contribution in [-0.4, -0.2) is 24.9 Å². The molecule has 0 radical (unpaired) electrons. The molecule has 146 valence electrons. The number of carbonyl (C=O) groups excluding carboxylic acids is 1. The molecule has 4 aromatic rings. The van der Waals surface area contributed by atoms with Crippen LogP contribution in [-0.2, 0) is 0 Å². The van der Waals surface area contributed by atoms with Gasteiger partial charge in [0.2, 0.25) is 0 Å². The van der Waals surface area contributed by atoms with E-state index in [9.17, 15) is 4.79 Å². The molecule has 5 nitrogen and oxygen atoms in total. The summed E-state index contributed by atoms with van der Waals surface area (Å²) in [5.74, 6) is 2.07. The summed E-state index contributed by atoms with van der Waals surface area (Å²) in [7, 11) is 3.24. The molecule has 0 spiro atoms. The third-order valence-corrected chi connectivity index (χ3v) is 5.78. The first kappa shape index (κ1) is 19.2. The van der Waals surface area contributed by atoms with Gasteiger partial charge >= 0.3 is 0 Å². The smallest absolute Gasteiger partial charge is 0.161 e. The molecular formula is C22H17ClN2O3S. The lowest BCUT2D eigenvalue weighted by molar-refractivity contribution is 0.112. The van der Waals surface area contributed by atoms with Crippen LogP contribution in [0.5, 0.6) is 11.5 Å². The summed E-state index contributed by atoms with van der Waals surface area (Å²) in [6, 6.07) is 17.0. The van der Waals surface area contributed by atoms with Gasteiger partial charge in [-0.1, -0.05) is 29.8 Å². The predicted octanol–water partition coefficient (Wildman–Crippen LogP) is 6.19. The number of fused-ring (bicyclic) bond motifs is 1. The molecule has 1 N–H and O–H groups in total. The lowest BCUT2D eigenvalue weighted by Crippen LogP contribution is -1.93. The molecule has 1 heterocycles. The Labute approximate surface area is 177 Å². The van der Waals surface area contributed by atoms with Crippen molar-refractivity contribution < 1.29 is 14.3 Å².